The van der Waals surface area contributed by atoms with Crippen molar-refractivity contribution in [3.63, 3.8) is 0 Å². The lowest BCUT2D eigenvalue weighted by molar-refractivity contribution is -0.632. The van der Waals surface area contributed by atoms with Gasteiger partial charge >= 0.3 is 5.72 Å². The van der Waals surface area contributed by atoms with Gasteiger partial charge in [0.1, 0.15) is 6.10 Å². The smallest absolute Gasteiger partial charge is 0.408 e. The van der Waals surface area contributed by atoms with Gasteiger partial charge in [-0.3, -0.25) is 10.1 Å². The minimum atomic E-state index is -3.56. The summed E-state index contributed by atoms with van der Waals surface area (Å²) in [6.07, 6.45) is -4.49. The van der Waals surface area contributed by atoms with Crippen LogP contribution >= 0.6 is 11.6 Å². The van der Waals surface area contributed by atoms with Gasteiger partial charge in [-0.2, -0.15) is 0 Å². The van der Waals surface area contributed by atoms with E-state index in [1.807, 2.05) is 0 Å². The fourth-order valence-corrected chi connectivity index (χ4v) is 1.84. The molecule has 9 nitrogen and oxygen atoms in total. The molecular formula is C13H16ClNO8. The van der Waals surface area contributed by atoms with Crippen molar-refractivity contribution in [3.8, 4) is 0 Å². The van der Waals surface area contributed by atoms with Crippen molar-refractivity contribution in [3.05, 3.63) is 51.8 Å². The number of nitro groups is 1. The van der Waals surface area contributed by atoms with E-state index in [9.17, 15) is 35.6 Å². The number of aliphatic hydroxyl groups is 6. The minimum Gasteiger partial charge on any atom is -0.504 e. The minimum absolute atomic E-state index is 0.259. The van der Waals surface area contributed by atoms with E-state index in [2.05, 4.69) is 0 Å². The van der Waals surface area contributed by atoms with Gasteiger partial charge in [0.05, 0.1) is 11.5 Å². The maximum absolute atomic E-state index is 11.1. The number of alkyl halides is 1. The Hall–Kier alpha value is -1.75. The molecule has 4 atom stereocenters. The third-order valence-electron chi connectivity index (χ3n) is 3.14. The van der Waals surface area contributed by atoms with Crippen molar-refractivity contribution in [2.45, 2.75) is 23.0 Å². The molecule has 0 heterocycles. The van der Waals surface area contributed by atoms with Crippen molar-refractivity contribution in [1.82, 2.24) is 0 Å². The highest BCUT2D eigenvalue weighted by molar-refractivity contribution is 6.23. The fourth-order valence-electron chi connectivity index (χ4n) is 1.72. The van der Waals surface area contributed by atoms with E-state index in [-0.39, 0.29) is 5.56 Å². The molecule has 0 spiro atoms. The average molecular weight is 350 g/mol. The normalized spacial score (nSPS) is 20.2. The van der Waals surface area contributed by atoms with Crippen LogP contribution in [0.3, 0.4) is 0 Å². The zero-order valence-corrected chi connectivity index (χ0v) is 12.4. The molecule has 6 N–H and O–H groups in total. The molecule has 0 radical (unpaired) electrons. The number of aliphatic hydroxyl groups excluding tert-OH is 4. The maximum Gasteiger partial charge on any atom is 0.408 e. The summed E-state index contributed by atoms with van der Waals surface area (Å²) in [7, 11) is 0. The second kappa shape index (κ2) is 7.21. The monoisotopic (exact) mass is 349 g/mol. The van der Waals surface area contributed by atoms with Gasteiger partial charge in [0, 0.05) is 0 Å². The molecule has 0 saturated heterocycles. The second-order valence-corrected chi connectivity index (χ2v) is 5.44. The largest absolute Gasteiger partial charge is 0.504 e. The Morgan fingerprint density at radius 3 is 2.22 bits per heavy atom. The number of halogens is 1. The summed E-state index contributed by atoms with van der Waals surface area (Å²) < 4.78 is 0. The molecule has 0 aliphatic rings. The summed E-state index contributed by atoms with van der Waals surface area (Å²) in [6.45, 7) is -1.27. The molecule has 0 bridgehead atoms. The summed E-state index contributed by atoms with van der Waals surface area (Å²) in [4.78, 5) is 9.65. The predicted octanol–water partition coefficient (Wildman–Crippen LogP) is -0.808. The molecule has 10 heteroatoms. The van der Waals surface area contributed by atoms with Crippen LogP contribution < -0.4 is 0 Å². The van der Waals surface area contributed by atoms with E-state index < -0.39 is 40.3 Å². The summed E-state index contributed by atoms with van der Waals surface area (Å²) in [6, 6.07) is 7.65. The Morgan fingerprint density at radius 1 is 1.26 bits per heavy atom. The Bertz CT molecular complexity index is 579. The van der Waals surface area contributed by atoms with Gasteiger partial charge in [0.15, 0.2) is 11.2 Å². The molecule has 1 rings (SSSR count). The first-order chi connectivity index (χ1) is 10.6. The van der Waals surface area contributed by atoms with Gasteiger partial charge in [-0.05, 0) is 11.6 Å². The molecule has 0 aliphatic carbocycles. The summed E-state index contributed by atoms with van der Waals surface area (Å²) in [5.41, 5.74) is -3.30. The number of hydrogen-bond acceptors (Lipinski definition) is 8. The van der Waals surface area contributed by atoms with Crippen LogP contribution in [0.5, 0.6) is 0 Å². The molecule has 0 aliphatic heterocycles. The molecule has 1 aromatic carbocycles. The van der Waals surface area contributed by atoms with Gasteiger partial charge in [0.2, 0.25) is 5.76 Å². The summed E-state index contributed by atoms with van der Waals surface area (Å²) >= 11 is 5.30. The number of rotatable bonds is 7. The van der Waals surface area contributed by atoms with Crippen LogP contribution in [0.15, 0.2) is 36.1 Å². The highest BCUT2D eigenvalue weighted by atomic mass is 35.5. The standard InChI is InChI=1S/C13H16ClNO8/c14-12(20,7-16)10(18)11(19)13(21,15(22)23)9(17)6-8-4-2-1-3-5-8/h1-6,10-11,16-21H,7H2/t10-,11-,12+,13-/m0/s1. The van der Waals surface area contributed by atoms with E-state index in [1.165, 1.54) is 12.1 Å². The lowest BCUT2D eigenvalue weighted by atomic mass is 9.95. The Morgan fingerprint density at radius 2 is 1.78 bits per heavy atom. The zero-order chi connectivity index (χ0) is 17.8. The van der Waals surface area contributed by atoms with E-state index in [1.54, 1.807) is 18.2 Å². The van der Waals surface area contributed by atoms with Crippen LogP contribution in [0.2, 0.25) is 0 Å². The first-order valence-corrected chi connectivity index (χ1v) is 6.66. The predicted molar refractivity (Wildman–Crippen MR) is 78.9 cm³/mol. The second-order valence-electron chi connectivity index (χ2n) is 4.79. The lowest BCUT2D eigenvalue weighted by Crippen LogP contribution is -2.61. The Kier molecular flexibility index (Phi) is 6.05. The molecule has 0 aromatic heterocycles. The highest BCUT2D eigenvalue weighted by Gasteiger charge is 2.59. The van der Waals surface area contributed by atoms with Crippen LogP contribution in [-0.2, 0) is 0 Å². The number of benzene rings is 1. The van der Waals surface area contributed by atoms with Crippen molar-refractivity contribution < 1.29 is 35.6 Å². The molecular weight excluding hydrogens is 334 g/mol. The number of nitrogens with zero attached hydrogens (tertiary/aromatic N) is 1. The molecule has 0 unspecified atom stereocenters. The number of hydrogen-bond donors (Lipinski definition) is 6. The quantitative estimate of drug-likeness (QED) is 0.122. The van der Waals surface area contributed by atoms with Gasteiger partial charge in [-0.1, -0.05) is 41.9 Å². The average Bonchev–Trinajstić information content (AvgIpc) is 2.53. The Balaban J connectivity index is 3.27. The third-order valence-corrected chi connectivity index (χ3v) is 3.49. The zero-order valence-electron chi connectivity index (χ0n) is 11.7. The highest BCUT2D eigenvalue weighted by Crippen LogP contribution is 2.29. The summed E-state index contributed by atoms with van der Waals surface area (Å²) in [5.74, 6) is -1.30. The molecule has 23 heavy (non-hydrogen) atoms. The van der Waals surface area contributed by atoms with Crippen LogP contribution in [0.25, 0.3) is 6.08 Å². The summed E-state index contributed by atoms with van der Waals surface area (Å²) in [5, 5.41) is 65.9. The van der Waals surface area contributed by atoms with Crippen molar-refractivity contribution >= 4 is 17.7 Å². The van der Waals surface area contributed by atoms with Gasteiger partial charge in [0.25, 0.3) is 0 Å². The Labute approximate surface area is 135 Å². The van der Waals surface area contributed by atoms with Crippen molar-refractivity contribution in [2.75, 3.05) is 6.61 Å². The lowest BCUT2D eigenvalue weighted by Gasteiger charge is -2.32. The molecule has 0 fully saturated rings. The maximum atomic E-state index is 11.1. The third kappa shape index (κ3) is 3.96. The van der Waals surface area contributed by atoms with E-state index in [0.29, 0.717) is 0 Å². The van der Waals surface area contributed by atoms with Crippen molar-refractivity contribution in [1.29, 1.82) is 0 Å². The van der Waals surface area contributed by atoms with Crippen LogP contribution in [0.4, 0.5) is 0 Å². The fraction of sp³-hybridized carbons (Fsp3) is 0.385. The molecule has 0 amide bonds. The van der Waals surface area contributed by atoms with Crippen molar-refractivity contribution in [2.24, 2.45) is 0 Å². The van der Waals surface area contributed by atoms with E-state index >= 15 is 0 Å². The topological polar surface area (TPSA) is 165 Å². The van der Waals surface area contributed by atoms with Gasteiger partial charge in [-0.15, -0.1) is 0 Å². The molecule has 0 saturated carbocycles. The molecule has 128 valence electrons. The van der Waals surface area contributed by atoms with E-state index in [4.69, 9.17) is 16.7 Å². The molecule has 1 aromatic rings. The first kappa shape index (κ1) is 19.3. The van der Waals surface area contributed by atoms with Gasteiger partial charge < -0.3 is 30.6 Å². The van der Waals surface area contributed by atoms with Crippen LogP contribution in [0.1, 0.15) is 5.56 Å². The van der Waals surface area contributed by atoms with Gasteiger partial charge in [-0.25, -0.2) is 0 Å². The van der Waals surface area contributed by atoms with Crippen LogP contribution in [-0.4, -0.2) is 65.2 Å². The SMILES string of the molecule is O=[N+]([O-])[C@](O)(C(O)=Cc1ccccc1)[C@@H](O)[C@H](O)[C@@](O)(Cl)CO. The van der Waals surface area contributed by atoms with Crippen LogP contribution in [0, 0.1) is 10.1 Å². The first-order valence-electron chi connectivity index (χ1n) is 6.28. The van der Waals surface area contributed by atoms with E-state index in [0.717, 1.165) is 6.08 Å².